The standard InChI is InChI=1S/C11H18N2O6S2/c1-3-20(16,17)7-5-10(14)12-9-13-11(15)6-8-21(18,19)4-2/h5-8H,3-4,9H2,1-2H3,(H,12,14)(H,13,15). The first-order chi connectivity index (χ1) is 9.62. The summed E-state index contributed by atoms with van der Waals surface area (Å²) < 4.78 is 44.4. The molecule has 0 heterocycles. The van der Waals surface area contributed by atoms with E-state index in [0.29, 0.717) is 0 Å². The molecular formula is C11H18N2O6S2. The van der Waals surface area contributed by atoms with Gasteiger partial charge in [0.25, 0.3) is 0 Å². The van der Waals surface area contributed by atoms with E-state index in [-0.39, 0.29) is 18.2 Å². The van der Waals surface area contributed by atoms with E-state index >= 15 is 0 Å². The number of carbonyl (C=O) groups is 2. The summed E-state index contributed by atoms with van der Waals surface area (Å²) in [5, 5.41) is 5.98. The van der Waals surface area contributed by atoms with E-state index in [9.17, 15) is 26.4 Å². The van der Waals surface area contributed by atoms with Crippen LogP contribution in [0.15, 0.2) is 23.0 Å². The molecule has 0 saturated carbocycles. The summed E-state index contributed by atoms with van der Waals surface area (Å²) in [6.07, 6.45) is 1.67. The molecule has 120 valence electrons. The average molecular weight is 338 g/mol. The van der Waals surface area contributed by atoms with Crippen molar-refractivity contribution in [2.45, 2.75) is 13.8 Å². The average Bonchev–Trinajstić information content (AvgIpc) is 2.43. The molecule has 0 bridgehead atoms. The van der Waals surface area contributed by atoms with Gasteiger partial charge in [0.05, 0.1) is 18.2 Å². The Bertz CT molecular complexity index is 576. The molecule has 2 amide bonds. The van der Waals surface area contributed by atoms with Gasteiger partial charge in [-0.2, -0.15) is 0 Å². The predicted molar refractivity (Wildman–Crippen MR) is 78.4 cm³/mol. The van der Waals surface area contributed by atoms with Gasteiger partial charge in [0.1, 0.15) is 0 Å². The number of sulfone groups is 2. The van der Waals surface area contributed by atoms with Crippen molar-refractivity contribution in [3.8, 4) is 0 Å². The van der Waals surface area contributed by atoms with Crippen molar-refractivity contribution in [2.75, 3.05) is 18.2 Å². The maximum atomic E-state index is 11.2. The Morgan fingerprint density at radius 2 is 1.14 bits per heavy atom. The molecule has 0 unspecified atom stereocenters. The van der Waals surface area contributed by atoms with E-state index in [2.05, 4.69) is 10.6 Å². The molecule has 0 aliphatic rings. The van der Waals surface area contributed by atoms with Gasteiger partial charge in [-0.1, -0.05) is 13.8 Å². The van der Waals surface area contributed by atoms with Gasteiger partial charge in [0, 0.05) is 23.0 Å². The maximum Gasteiger partial charge on any atom is 0.246 e. The monoisotopic (exact) mass is 338 g/mol. The van der Waals surface area contributed by atoms with E-state index in [1.807, 2.05) is 0 Å². The van der Waals surface area contributed by atoms with E-state index < -0.39 is 31.5 Å². The number of hydrogen-bond acceptors (Lipinski definition) is 6. The Labute approximate surface area is 124 Å². The first-order valence-corrected chi connectivity index (χ1v) is 9.42. The molecule has 8 nitrogen and oxygen atoms in total. The lowest BCUT2D eigenvalue weighted by atomic mass is 10.5. The van der Waals surface area contributed by atoms with Crippen LogP contribution in [0.2, 0.25) is 0 Å². The van der Waals surface area contributed by atoms with Crippen LogP contribution in [0.5, 0.6) is 0 Å². The zero-order valence-corrected chi connectivity index (χ0v) is 13.3. The van der Waals surface area contributed by atoms with Crippen LogP contribution in [0, 0.1) is 0 Å². The van der Waals surface area contributed by atoms with Crippen LogP contribution in [0.4, 0.5) is 0 Å². The van der Waals surface area contributed by atoms with E-state index in [1.165, 1.54) is 13.8 Å². The number of nitrogens with one attached hydrogen (secondary N) is 2. The molecule has 0 aromatic rings. The summed E-state index contributed by atoms with van der Waals surface area (Å²) in [6, 6.07) is 0. The maximum absolute atomic E-state index is 11.2. The van der Waals surface area contributed by atoms with Gasteiger partial charge in [-0.05, 0) is 0 Å². The van der Waals surface area contributed by atoms with Crippen molar-refractivity contribution in [1.29, 1.82) is 0 Å². The molecule has 0 aliphatic carbocycles. The molecule has 0 aromatic heterocycles. The van der Waals surface area contributed by atoms with Gasteiger partial charge in [0.2, 0.25) is 11.8 Å². The molecule has 0 aromatic carbocycles. The van der Waals surface area contributed by atoms with Crippen LogP contribution in [0.1, 0.15) is 13.8 Å². The van der Waals surface area contributed by atoms with E-state index in [0.717, 1.165) is 23.0 Å². The number of carbonyl (C=O) groups excluding carboxylic acids is 2. The Hall–Kier alpha value is -1.68. The lowest BCUT2D eigenvalue weighted by Crippen LogP contribution is -2.35. The van der Waals surface area contributed by atoms with Crippen LogP contribution >= 0.6 is 0 Å². The van der Waals surface area contributed by atoms with Crippen molar-refractivity contribution in [3.63, 3.8) is 0 Å². The van der Waals surface area contributed by atoms with Crippen molar-refractivity contribution in [2.24, 2.45) is 0 Å². The van der Waals surface area contributed by atoms with Crippen molar-refractivity contribution >= 4 is 31.5 Å². The van der Waals surface area contributed by atoms with Gasteiger partial charge in [0.15, 0.2) is 19.7 Å². The molecule has 0 rings (SSSR count). The third-order valence-electron chi connectivity index (χ3n) is 2.18. The minimum atomic E-state index is -3.39. The minimum Gasteiger partial charge on any atom is -0.335 e. The normalized spacial score (nSPS) is 12.7. The second kappa shape index (κ2) is 8.57. The van der Waals surface area contributed by atoms with Crippen LogP contribution in [0.25, 0.3) is 0 Å². The lowest BCUT2D eigenvalue weighted by Gasteiger charge is -2.02. The highest BCUT2D eigenvalue weighted by Gasteiger charge is 2.04. The topological polar surface area (TPSA) is 126 Å². The zero-order chi connectivity index (χ0) is 16.5. The zero-order valence-electron chi connectivity index (χ0n) is 11.7. The molecule has 0 atom stereocenters. The van der Waals surface area contributed by atoms with Gasteiger partial charge in [-0.3, -0.25) is 9.59 Å². The van der Waals surface area contributed by atoms with Crippen molar-refractivity contribution < 1.29 is 26.4 Å². The molecular weight excluding hydrogens is 320 g/mol. The molecule has 2 N–H and O–H groups in total. The van der Waals surface area contributed by atoms with Crippen LogP contribution < -0.4 is 10.6 Å². The molecule has 21 heavy (non-hydrogen) atoms. The van der Waals surface area contributed by atoms with Crippen LogP contribution in [-0.2, 0) is 29.3 Å². The molecule has 10 heteroatoms. The fourth-order valence-electron chi connectivity index (χ4n) is 0.860. The molecule has 0 spiro atoms. The van der Waals surface area contributed by atoms with Crippen LogP contribution in [-0.4, -0.2) is 46.8 Å². The Morgan fingerprint density at radius 3 is 1.43 bits per heavy atom. The summed E-state index contributed by atoms with van der Waals surface area (Å²) in [5.41, 5.74) is 0. The third-order valence-corrected chi connectivity index (χ3v) is 4.89. The van der Waals surface area contributed by atoms with Gasteiger partial charge in [-0.15, -0.1) is 0 Å². The highest BCUT2D eigenvalue weighted by molar-refractivity contribution is 7.94. The number of amides is 2. The molecule has 0 saturated heterocycles. The number of rotatable bonds is 8. The predicted octanol–water partition coefficient (Wildman–Crippen LogP) is -0.927. The van der Waals surface area contributed by atoms with Gasteiger partial charge < -0.3 is 10.6 Å². The summed E-state index contributed by atoms with van der Waals surface area (Å²) in [5.74, 6) is -1.64. The highest BCUT2D eigenvalue weighted by Crippen LogP contribution is 1.91. The number of hydrogen-bond donors (Lipinski definition) is 2. The first kappa shape index (κ1) is 19.3. The van der Waals surface area contributed by atoms with Gasteiger partial charge in [-0.25, -0.2) is 16.8 Å². The quantitative estimate of drug-likeness (QED) is 0.435. The third kappa shape index (κ3) is 9.79. The highest BCUT2D eigenvalue weighted by atomic mass is 32.2. The Kier molecular flexibility index (Phi) is 7.89. The first-order valence-electron chi connectivity index (χ1n) is 5.99. The van der Waals surface area contributed by atoms with Crippen molar-refractivity contribution in [1.82, 2.24) is 10.6 Å². The van der Waals surface area contributed by atoms with E-state index in [4.69, 9.17) is 0 Å². The summed E-state index contributed by atoms with van der Waals surface area (Å²) in [4.78, 5) is 22.4. The molecule has 0 radical (unpaired) electrons. The van der Waals surface area contributed by atoms with Crippen molar-refractivity contribution in [3.05, 3.63) is 23.0 Å². The van der Waals surface area contributed by atoms with Crippen LogP contribution in [0.3, 0.4) is 0 Å². The molecule has 0 aliphatic heterocycles. The fraction of sp³-hybridized carbons (Fsp3) is 0.455. The molecule has 0 fully saturated rings. The lowest BCUT2D eigenvalue weighted by molar-refractivity contribution is -0.118. The van der Waals surface area contributed by atoms with E-state index in [1.54, 1.807) is 0 Å². The SMILES string of the molecule is CCS(=O)(=O)C=CC(=O)NCNC(=O)C=CS(=O)(=O)CC. The Morgan fingerprint density at radius 1 is 0.810 bits per heavy atom. The summed E-state index contributed by atoms with van der Waals surface area (Å²) >= 11 is 0. The Balaban J connectivity index is 4.22. The summed E-state index contributed by atoms with van der Waals surface area (Å²) in [7, 11) is -6.78. The smallest absolute Gasteiger partial charge is 0.246 e. The summed E-state index contributed by atoms with van der Waals surface area (Å²) in [6.45, 7) is 2.62. The second-order valence-electron chi connectivity index (χ2n) is 3.77. The fourth-order valence-corrected chi connectivity index (χ4v) is 1.91. The largest absolute Gasteiger partial charge is 0.335 e. The second-order valence-corrected chi connectivity index (χ2v) is 8.12. The van der Waals surface area contributed by atoms with Gasteiger partial charge >= 0.3 is 0 Å². The minimum absolute atomic E-state index is 0.121.